The van der Waals surface area contributed by atoms with Gasteiger partial charge in [0.25, 0.3) is 0 Å². The van der Waals surface area contributed by atoms with Crippen molar-refractivity contribution in [2.75, 3.05) is 13.2 Å². The molecule has 0 atom stereocenters. The lowest BCUT2D eigenvalue weighted by Gasteiger charge is -2.23. The van der Waals surface area contributed by atoms with E-state index in [1.165, 1.54) is 6.08 Å². The molecule has 29 heavy (non-hydrogen) atoms. The third kappa shape index (κ3) is 4.13. The van der Waals surface area contributed by atoms with Crippen LogP contribution in [0, 0.1) is 11.3 Å². The van der Waals surface area contributed by atoms with Gasteiger partial charge in [0.15, 0.2) is 0 Å². The van der Waals surface area contributed by atoms with E-state index in [1.807, 2.05) is 24.4 Å². The second-order valence-electron chi connectivity index (χ2n) is 6.79. The van der Waals surface area contributed by atoms with Crippen LogP contribution in [0.5, 0.6) is 5.75 Å². The Morgan fingerprint density at radius 1 is 1.34 bits per heavy atom. The van der Waals surface area contributed by atoms with Crippen LogP contribution >= 0.6 is 0 Å². The summed E-state index contributed by atoms with van der Waals surface area (Å²) in [5.41, 5.74) is 3.58. The highest BCUT2D eigenvalue weighted by Gasteiger charge is 2.18. The Balaban J connectivity index is 1.67. The number of hydrogen-bond acceptors (Lipinski definition) is 5. The van der Waals surface area contributed by atoms with E-state index in [4.69, 9.17) is 14.6 Å². The zero-order valence-corrected chi connectivity index (χ0v) is 15.6. The summed E-state index contributed by atoms with van der Waals surface area (Å²) < 4.78 is 11.4. The standard InChI is InChI=1S/C22H19N3O4/c23-11-16-10-15(2-3-20(16)29-17-5-7-28-8-6-17)19-13-25-22-18(19)9-14(12-24-22)1-4-21(26)27/h1-4,9-10,12-13,17H,5-8H2,(H,24,25)(H,26,27)/b4-1+. The maximum atomic E-state index is 10.8. The van der Waals surface area contributed by atoms with Gasteiger partial charge < -0.3 is 19.6 Å². The van der Waals surface area contributed by atoms with Crippen molar-refractivity contribution < 1.29 is 19.4 Å². The summed E-state index contributed by atoms with van der Waals surface area (Å²) in [5.74, 6) is -0.440. The van der Waals surface area contributed by atoms with E-state index >= 15 is 0 Å². The van der Waals surface area contributed by atoms with Crippen molar-refractivity contribution in [1.82, 2.24) is 9.97 Å². The molecule has 146 valence electrons. The van der Waals surface area contributed by atoms with Crippen LogP contribution in [0.1, 0.15) is 24.0 Å². The van der Waals surface area contributed by atoms with Gasteiger partial charge in [0.2, 0.25) is 0 Å². The second-order valence-corrected chi connectivity index (χ2v) is 6.79. The fourth-order valence-electron chi connectivity index (χ4n) is 3.38. The molecule has 3 aromatic rings. The normalized spacial score (nSPS) is 14.9. The van der Waals surface area contributed by atoms with Gasteiger partial charge in [-0.3, -0.25) is 0 Å². The number of pyridine rings is 1. The quantitative estimate of drug-likeness (QED) is 0.643. The van der Waals surface area contributed by atoms with Crippen molar-refractivity contribution in [3.63, 3.8) is 0 Å². The van der Waals surface area contributed by atoms with E-state index in [-0.39, 0.29) is 6.10 Å². The molecule has 1 saturated heterocycles. The van der Waals surface area contributed by atoms with Crippen LogP contribution in [0.25, 0.3) is 28.2 Å². The lowest BCUT2D eigenvalue weighted by Crippen LogP contribution is -2.26. The van der Waals surface area contributed by atoms with Crippen LogP contribution in [0.4, 0.5) is 0 Å². The van der Waals surface area contributed by atoms with E-state index in [0.29, 0.717) is 35.7 Å². The zero-order valence-electron chi connectivity index (χ0n) is 15.6. The summed E-state index contributed by atoms with van der Waals surface area (Å²) in [4.78, 5) is 18.2. The van der Waals surface area contributed by atoms with Crippen LogP contribution in [0.15, 0.2) is 42.7 Å². The molecule has 3 heterocycles. The molecule has 1 aliphatic heterocycles. The van der Waals surface area contributed by atoms with Crippen molar-refractivity contribution in [3.8, 4) is 22.9 Å². The molecule has 0 spiro atoms. The summed E-state index contributed by atoms with van der Waals surface area (Å²) >= 11 is 0. The molecule has 7 nitrogen and oxygen atoms in total. The third-order valence-electron chi connectivity index (χ3n) is 4.84. The molecular formula is C22H19N3O4. The summed E-state index contributed by atoms with van der Waals surface area (Å²) in [6.07, 6.45) is 7.69. The van der Waals surface area contributed by atoms with Crippen molar-refractivity contribution in [2.24, 2.45) is 0 Å². The van der Waals surface area contributed by atoms with Gasteiger partial charge in [-0.15, -0.1) is 0 Å². The second kappa shape index (κ2) is 8.17. The van der Waals surface area contributed by atoms with Gasteiger partial charge in [0.1, 0.15) is 23.6 Å². The molecule has 0 amide bonds. The number of carboxylic acids is 1. The largest absolute Gasteiger partial charge is 0.489 e. The van der Waals surface area contributed by atoms with Gasteiger partial charge in [-0.1, -0.05) is 6.07 Å². The third-order valence-corrected chi connectivity index (χ3v) is 4.84. The van der Waals surface area contributed by atoms with Crippen molar-refractivity contribution >= 4 is 23.1 Å². The topological polar surface area (TPSA) is 108 Å². The Hall–Kier alpha value is -3.63. The number of aliphatic carboxylic acids is 1. The molecule has 0 aliphatic carbocycles. The molecule has 0 radical (unpaired) electrons. The number of ether oxygens (including phenoxy) is 2. The number of rotatable bonds is 5. The summed E-state index contributed by atoms with van der Waals surface area (Å²) in [6, 6.07) is 9.63. The maximum absolute atomic E-state index is 10.8. The monoisotopic (exact) mass is 389 g/mol. The highest BCUT2D eigenvalue weighted by atomic mass is 16.5. The fraction of sp³-hybridized carbons (Fsp3) is 0.227. The minimum atomic E-state index is -1.02. The molecule has 0 unspecified atom stereocenters. The first-order chi connectivity index (χ1) is 14.1. The zero-order chi connectivity index (χ0) is 20.2. The van der Waals surface area contributed by atoms with E-state index in [2.05, 4.69) is 16.0 Å². The van der Waals surface area contributed by atoms with Crippen LogP contribution in [-0.2, 0) is 9.53 Å². The maximum Gasteiger partial charge on any atom is 0.328 e. The summed E-state index contributed by atoms with van der Waals surface area (Å²) in [7, 11) is 0. The lowest BCUT2D eigenvalue weighted by molar-refractivity contribution is -0.131. The van der Waals surface area contributed by atoms with Crippen molar-refractivity contribution in [3.05, 3.63) is 53.9 Å². The molecule has 2 aromatic heterocycles. The minimum absolute atomic E-state index is 0.0579. The van der Waals surface area contributed by atoms with E-state index in [1.54, 1.807) is 12.3 Å². The summed E-state index contributed by atoms with van der Waals surface area (Å²) in [6.45, 7) is 1.34. The van der Waals surface area contributed by atoms with Crippen LogP contribution in [0.3, 0.4) is 0 Å². The number of benzene rings is 1. The van der Waals surface area contributed by atoms with Crippen molar-refractivity contribution in [2.45, 2.75) is 18.9 Å². The highest BCUT2D eigenvalue weighted by molar-refractivity contribution is 5.95. The van der Waals surface area contributed by atoms with Crippen molar-refractivity contribution in [1.29, 1.82) is 5.26 Å². The van der Waals surface area contributed by atoms with Gasteiger partial charge in [-0.2, -0.15) is 5.26 Å². The van der Waals surface area contributed by atoms with Gasteiger partial charge in [-0.05, 0) is 35.4 Å². The first kappa shape index (κ1) is 18.7. The average Bonchev–Trinajstić information content (AvgIpc) is 3.16. The first-order valence-electron chi connectivity index (χ1n) is 9.31. The van der Waals surface area contributed by atoms with Gasteiger partial charge in [0, 0.05) is 42.3 Å². The Kier molecular flexibility index (Phi) is 5.27. The molecule has 1 aliphatic rings. The Labute approximate surface area is 167 Å². The molecule has 1 aromatic carbocycles. The van der Waals surface area contributed by atoms with Gasteiger partial charge in [0.05, 0.1) is 18.8 Å². The number of fused-ring (bicyclic) bond motifs is 1. The minimum Gasteiger partial charge on any atom is -0.489 e. The highest BCUT2D eigenvalue weighted by Crippen LogP contribution is 2.32. The SMILES string of the molecule is N#Cc1cc(-c2c[nH]c3ncc(/C=C/C(=O)O)cc23)ccc1OC1CCOCC1. The fourth-order valence-corrected chi connectivity index (χ4v) is 3.38. The van der Waals surface area contributed by atoms with Crippen LogP contribution in [0.2, 0.25) is 0 Å². The van der Waals surface area contributed by atoms with Gasteiger partial charge in [-0.25, -0.2) is 9.78 Å². The predicted octanol–water partition coefficient (Wildman–Crippen LogP) is 3.76. The number of carbonyl (C=O) groups is 1. The first-order valence-corrected chi connectivity index (χ1v) is 9.31. The molecule has 1 fully saturated rings. The Morgan fingerprint density at radius 2 is 2.17 bits per heavy atom. The van der Waals surface area contributed by atoms with E-state index < -0.39 is 5.97 Å². The van der Waals surface area contributed by atoms with Crippen LogP contribution in [-0.4, -0.2) is 40.4 Å². The lowest BCUT2D eigenvalue weighted by atomic mass is 10.0. The molecule has 4 rings (SSSR count). The number of aromatic nitrogens is 2. The molecule has 7 heteroatoms. The Morgan fingerprint density at radius 3 is 2.93 bits per heavy atom. The Bertz CT molecular complexity index is 1120. The number of aromatic amines is 1. The van der Waals surface area contributed by atoms with Gasteiger partial charge >= 0.3 is 5.97 Å². The number of nitriles is 1. The number of H-pyrrole nitrogens is 1. The molecule has 2 N–H and O–H groups in total. The van der Waals surface area contributed by atoms with Crippen LogP contribution < -0.4 is 4.74 Å². The summed E-state index contributed by atoms with van der Waals surface area (Å²) in [5, 5.41) is 19.3. The number of nitrogens with zero attached hydrogens (tertiary/aromatic N) is 2. The average molecular weight is 389 g/mol. The number of carboxylic acid groups (broad SMARTS) is 1. The van der Waals surface area contributed by atoms with E-state index in [9.17, 15) is 10.1 Å². The number of nitrogens with one attached hydrogen (secondary N) is 1. The van der Waals surface area contributed by atoms with E-state index in [0.717, 1.165) is 35.4 Å². The molecule has 0 bridgehead atoms. The molecular weight excluding hydrogens is 370 g/mol. The predicted molar refractivity (Wildman–Crippen MR) is 107 cm³/mol. The number of hydrogen-bond donors (Lipinski definition) is 2. The smallest absolute Gasteiger partial charge is 0.328 e. The molecule has 0 saturated carbocycles.